The number of aromatic nitrogens is 5. The fourth-order valence-electron chi connectivity index (χ4n) is 3.87. The summed E-state index contributed by atoms with van der Waals surface area (Å²) in [6.07, 6.45) is 3.95. The molecule has 1 amide bonds. The van der Waals surface area contributed by atoms with Crippen LogP contribution in [0.2, 0.25) is 0 Å². The molecule has 1 fully saturated rings. The molecular formula is C23H22F2N6O3S. The molecule has 0 radical (unpaired) electrons. The summed E-state index contributed by atoms with van der Waals surface area (Å²) in [4.78, 5) is 21.7. The van der Waals surface area contributed by atoms with Crippen LogP contribution in [-0.2, 0) is 12.5 Å². The fraction of sp³-hybridized carbons (Fsp3) is 0.348. The van der Waals surface area contributed by atoms with E-state index in [1.165, 1.54) is 17.4 Å². The lowest BCUT2D eigenvalue weighted by Gasteiger charge is -2.27. The summed E-state index contributed by atoms with van der Waals surface area (Å²) in [6, 6.07) is 2.97. The van der Waals surface area contributed by atoms with Gasteiger partial charge in [0.25, 0.3) is 0 Å². The molecule has 1 unspecified atom stereocenters. The number of carbonyl (C=O) groups excluding carboxylic acids is 1. The van der Waals surface area contributed by atoms with Gasteiger partial charge >= 0.3 is 11.8 Å². The number of nitrogens with one attached hydrogen (secondary N) is 1. The molecule has 5 rings (SSSR count). The minimum absolute atomic E-state index is 0.0745. The maximum absolute atomic E-state index is 14.1. The van der Waals surface area contributed by atoms with E-state index in [2.05, 4.69) is 25.9 Å². The standard InChI is InChI=1S/C23H22F2N6O3S/c1-23(15-9-27-31(2)21(15)33-3,22-28-17(10-35-22)12-4-5-12)11-26-19(32)20-29-18(30-34-20)14-7-6-13(24)8-16(14)25/h6-10,12H,4-5,11H2,1-3H3,(H,26,32). The second-order valence-electron chi connectivity index (χ2n) is 8.61. The predicted molar refractivity (Wildman–Crippen MR) is 122 cm³/mol. The van der Waals surface area contributed by atoms with Gasteiger partial charge in [0.15, 0.2) is 0 Å². The number of halogens is 2. The quantitative estimate of drug-likeness (QED) is 0.392. The van der Waals surface area contributed by atoms with Gasteiger partial charge in [-0.1, -0.05) is 5.16 Å². The van der Waals surface area contributed by atoms with Crippen LogP contribution in [0.5, 0.6) is 5.88 Å². The topological polar surface area (TPSA) is 108 Å². The molecule has 0 bridgehead atoms. The van der Waals surface area contributed by atoms with Crippen LogP contribution in [0.25, 0.3) is 11.4 Å². The molecule has 1 aliphatic rings. The van der Waals surface area contributed by atoms with Crippen LogP contribution in [0.1, 0.15) is 52.6 Å². The van der Waals surface area contributed by atoms with Gasteiger partial charge in [-0.3, -0.25) is 4.79 Å². The lowest BCUT2D eigenvalue weighted by molar-refractivity contribution is 0.0903. The molecule has 1 atom stereocenters. The SMILES string of the molecule is COc1c(C(C)(CNC(=O)c2nc(-c3ccc(F)cc3F)no2)c2nc(C3CC3)cs2)cnn1C. The molecule has 3 aromatic heterocycles. The number of amides is 1. The van der Waals surface area contributed by atoms with Crippen LogP contribution in [0.3, 0.4) is 0 Å². The first-order chi connectivity index (χ1) is 16.8. The number of benzene rings is 1. The molecule has 4 aromatic rings. The molecule has 35 heavy (non-hydrogen) atoms. The molecular weight excluding hydrogens is 478 g/mol. The van der Waals surface area contributed by atoms with Crippen molar-refractivity contribution in [1.29, 1.82) is 0 Å². The summed E-state index contributed by atoms with van der Waals surface area (Å²) >= 11 is 1.52. The summed E-state index contributed by atoms with van der Waals surface area (Å²) in [5, 5.41) is 13.7. The Morgan fingerprint density at radius 2 is 2.14 bits per heavy atom. The molecule has 1 aliphatic carbocycles. The van der Waals surface area contributed by atoms with Gasteiger partial charge in [0, 0.05) is 36.5 Å². The number of methoxy groups -OCH3 is 1. The van der Waals surface area contributed by atoms with Crippen molar-refractivity contribution in [2.45, 2.75) is 31.1 Å². The summed E-state index contributed by atoms with van der Waals surface area (Å²) in [5.74, 6) is -1.69. The zero-order chi connectivity index (χ0) is 24.7. The van der Waals surface area contributed by atoms with Crippen molar-refractivity contribution in [1.82, 2.24) is 30.2 Å². The summed E-state index contributed by atoms with van der Waals surface area (Å²) in [6.45, 7) is 2.09. The molecule has 9 nitrogen and oxygen atoms in total. The lowest BCUT2D eigenvalue weighted by Crippen LogP contribution is -2.40. The summed E-state index contributed by atoms with van der Waals surface area (Å²) < 4.78 is 39.5. The van der Waals surface area contributed by atoms with Gasteiger partial charge in [0.05, 0.1) is 30.0 Å². The van der Waals surface area contributed by atoms with Crippen LogP contribution in [0, 0.1) is 11.6 Å². The number of rotatable bonds is 8. The molecule has 0 spiro atoms. The lowest BCUT2D eigenvalue weighted by atomic mass is 9.84. The first-order valence-corrected chi connectivity index (χ1v) is 11.8. The minimum Gasteiger partial charge on any atom is -0.481 e. The average Bonchev–Trinajstić information content (AvgIpc) is 3.23. The zero-order valence-electron chi connectivity index (χ0n) is 19.2. The van der Waals surface area contributed by atoms with Crippen LogP contribution >= 0.6 is 11.3 Å². The van der Waals surface area contributed by atoms with Crippen molar-refractivity contribution in [2.75, 3.05) is 13.7 Å². The molecule has 3 heterocycles. The van der Waals surface area contributed by atoms with Crippen molar-refractivity contribution in [3.05, 3.63) is 63.6 Å². The van der Waals surface area contributed by atoms with Gasteiger partial charge in [-0.25, -0.2) is 18.4 Å². The Kier molecular flexibility index (Phi) is 5.83. The van der Waals surface area contributed by atoms with Crippen LogP contribution in [0.4, 0.5) is 8.78 Å². The number of hydrogen-bond acceptors (Lipinski definition) is 8. The van der Waals surface area contributed by atoms with Gasteiger partial charge in [-0.05, 0) is 31.9 Å². The number of aryl methyl sites for hydroxylation is 1. The smallest absolute Gasteiger partial charge is 0.316 e. The van der Waals surface area contributed by atoms with Gasteiger partial charge in [0.2, 0.25) is 11.7 Å². The van der Waals surface area contributed by atoms with Crippen molar-refractivity contribution in [2.24, 2.45) is 7.05 Å². The highest BCUT2D eigenvalue weighted by atomic mass is 32.1. The maximum Gasteiger partial charge on any atom is 0.316 e. The highest BCUT2D eigenvalue weighted by Gasteiger charge is 2.39. The van der Waals surface area contributed by atoms with Gasteiger partial charge in [0.1, 0.15) is 16.6 Å². The van der Waals surface area contributed by atoms with Crippen molar-refractivity contribution < 1.29 is 22.8 Å². The third-order valence-corrected chi connectivity index (χ3v) is 7.18. The van der Waals surface area contributed by atoms with E-state index in [9.17, 15) is 13.6 Å². The van der Waals surface area contributed by atoms with Crippen LogP contribution < -0.4 is 10.1 Å². The zero-order valence-corrected chi connectivity index (χ0v) is 20.0. The van der Waals surface area contributed by atoms with E-state index in [-0.39, 0.29) is 23.8 Å². The van der Waals surface area contributed by atoms with E-state index in [1.807, 2.05) is 6.92 Å². The highest BCUT2D eigenvalue weighted by molar-refractivity contribution is 7.09. The number of ether oxygens (including phenoxy) is 1. The molecule has 0 aliphatic heterocycles. The monoisotopic (exact) mass is 500 g/mol. The normalized spacial score (nSPS) is 15.1. The van der Waals surface area contributed by atoms with Crippen LogP contribution in [-0.4, -0.2) is 44.5 Å². The highest BCUT2D eigenvalue weighted by Crippen LogP contribution is 2.44. The fourth-order valence-corrected chi connectivity index (χ4v) is 4.95. The Bertz CT molecular complexity index is 1400. The van der Waals surface area contributed by atoms with Gasteiger partial charge in [-0.2, -0.15) is 10.1 Å². The molecule has 1 aromatic carbocycles. The minimum atomic E-state index is -0.857. The van der Waals surface area contributed by atoms with Crippen molar-refractivity contribution in [3.8, 4) is 17.3 Å². The first-order valence-electron chi connectivity index (χ1n) is 10.9. The van der Waals surface area contributed by atoms with E-state index in [4.69, 9.17) is 14.2 Å². The summed E-state index contributed by atoms with van der Waals surface area (Å²) in [5.41, 5.74) is 0.973. The summed E-state index contributed by atoms with van der Waals surface area (Å²) in [7, 11) is 3.33. The number of carbonyl (C=O) groups is 1. The molecule has 1 saturated carbocycles. The molecule has 0 saturated heterocycles. The molecule has 12 heteroatoms. The Balaban J connectivity index is 1.41. The van der Waals surface area contributed by atoms with E-state index >= 15 is 0 Å². The number of hydrogen-bond donors (Lipinski definition) is 1. The van der Waals surface area contributed by atoms with E-state index in [1.54, 1.807) is 25.0 Å². The average molecular weight is 501 g/mol. The predicted octanol–water partition coefficient (Wildman–Crippen LogP) is 3.83. The van der Waals surface area contributed by atoms with Crippen molar-refractivity contribution in [3.63, 3.8) is 0 Å². The van der Waals surface area contributed by atoms with Gasteiger partial charge < -0.3 is 14.6 Å². The van der Waals surface area contributed by atoms with Crippen LogP contribution in [0.15, 0.2) is 34.3 Å². The van der Waals surface area contributed by atoms with Gasteiger partial charge in [-0.15, -0.1) is 11.3 Å². The first kappa shape index (κ1) is 23.1. The Morgan fingerprint density at radius 3 is 2.86 bits per heavy atom. The largest absolute Gasteiger partial charge is 0.481 e. The third-order valence-electron chi connectivity index (χ3n) is 6.06. The second kappa shape index (κ2) is 8.84. The Morgan fingerprint density at radius 1 is 1.34 bits per heavy atom. The van der Waals surface area contributed by atoms with E-state index < -0.39 is 23.0 Å². The third kappa shape index (κ3) is 4.29. The molecule has 182 valence electrons. The Labute approximate surface area is 203 Å². The number of nitrogens with zero attached hydrogens (tertiary/aromatic N) is 5. The van der Waals surface area contributed by atoms with Crippen molar-refractivity contribution >= 4 is 17.2 Å². The second-order valence-corrected chi connectivity index (χ2v) is 9.46. The van der Waals surface area contributed by atoms with E-state index in [0.29, 0.717) is 17.9 Å². The Hall–Kier alpha value is -3.67. The van der Waals surface area contributed by atoms with E-state index in [0.717, 1.165) is 35.2 Å². The maximum atomic E-state index is 14.1. The number of thiazole rings is 1. The molecule has 1 N–H and O–H groups in total.